The molecule has 98 valence electrons. The Kier molecular flexibility index (Phi) is 24.7. The second-order valence-electron chi connectivity index (χ2n) is 2.51. The standard InChI is InChI=1S/C5H10O.C4H10O2.CH2O3/c1-3-5(6)4-2;1-5-3-4-6-2;2-1(3)4/h2*3-4H2,1-2H3;(H2,2,3,4). The van der Waals surface area contributed by atoms with Crippen LogP contribution in [-0.4, -0.2) is 49.6 Å². The molecule has 0 aliphatic heterocycles. The minimum absolute atomic E-state index is 0.343. The molecule has 0 bridgehead atoms. The van der Waals surface area contributed by atoms with Gasteiger partial charge in [0.05, 0.1) is 13.2 Å². The van der Waals surface area contributed by atoms with Crippen molar-refractivity contribution in [1.82, 2.24) is 0 Å². The van der Waals surface area contributed by atoms with Crippen LogP contribution in [0.1, 0.15) is 26.7 Å². The lowest BCUT2D eigenvalue weighted by molar-refractivity contribution is -0.118. The topological polar surface area (TPSA) is 93.1 Å². The molecule has 0 heterocycles. The molecule has 0 saturated carbocycles. The Bertz CT molecular complexity index is 143. The van der Waals surface area contributed by atoms with Crippen LogP contribution < -0.4 is 0 Å². The van der Waals surface area contributed by atoms with Crippen LogP contribution in [0.25, 0.3) is 0 Å². The molecule has 0 spiro atoms. The number of ketones is 1. The summed E-state index contributed by atoms with van der Waals surface area (Å²) in [7, 11) is 3.30. The van der Waals surface area contributed by atoms with E-state index in [1.165, 1.54) is 0 Å². The minimum atomic E-state index is -1.83. The largest absolute Gasteiger partial charge is 0.503 e. The van der Waals surface area contributed by atoms with E-state index >= 15 is 0 Å². The van der Waals surface area contributed by atoms with Crippen molar-refractivity contribution in [2.24, 2.45) is 0 Å². The molecule has 0 aromatic rings. The summed E-state index contributed by atoms with van der Waals surface area (Å²) < 4.78 is 9.31. The van der Waals surface area contributed by atoms with E-state index in [0.29, 0.717) is 31.8 Å². The maximum atomic E-state index is 10.2. The molecule has 0 amide bonds. The second-order valence-corrected chi connectivity index (χ2v) is 2.51. The highest BCUT2D eigenvalue weighted by Gasteiger charge is 1.86. The van der Waals surface area contributed by atoms with E-state index in [-0.39, 0.29) is 0 Å². The fraction of sp³-hybridized carbons (Fsp3) is 0.800. The van der Waals surface area contributed by atoms with E-state index in [2.05, 4.69) is 9.47 Å². The van der Waals surface area contributed by atoms with Crippen LogP contribution in [0.4, 0.5) is 4.79 Å². The molecule has 6 nitrogen and oxygen atoms in total. The van der Waals surface area contributed by atoms with Crippen molar-refractivity contribution >= 4 is 11.9 Å². The first-order valence-electron chi connectivity index (χ1n) is 4.87. The summed E-state index contributed by atoms with van der Waals surface area (Å²) >= 11 is 0. The van der Waals surface area contributed by atoms with Crippen molar-refractivity contribution in [3.05, 3.63) is 0 Å². The summed E-state index contributed by atoms with van der Waals surface area (Å²) in [6.07, 6.45) is -0.451. The van der Waals surface area contributed by atoms with Gasteiger partial charge >= 0.3 is 6.16 Å². The Morgan fingerprint density at radius 1 is 0.938 bits per heavy atom. The highest BCUT2D eigenvalue weighted by molar-refractivity contribution is 5.77. The predicted molar refractivity (Wildman–Crippen MR) is 60.0 cm³/mol. The van der Waals surface area contributed by atoms with Crippen molar-refractivity contribution in [2.45, 2.75) is 26.7 Å². The molecule has 0 aliphatic carbocycles. The maximum Gasteiger partial charge on any atom is 0.503 e. The van der Waals surface area contributed by atoms with Gasteiger partial charge in [-0.15, -0.1) is 0 Å². The summed E-state index contributed by atoms with van der Waals surface area (Å²) in [5.74, 6) is 0.343. The van der Waals surface area contributed by atoms with E-state index in [0.717, 1.165) is 0 Å². The Labute approximate surface area is 96.2 Å². The third kappa shape index (κ3) is 52.7. The van der Waals surface area contributed by atoms with Crippen LogP contribution in [-0.2, 0) is 14.3 Å². The molecule has 0 aliphatic rings. The monoisotopic (exact) mass is 238 g/mol. The van der Waals surface area contributed by atoms with Crippen molar-refractivity contribution in [2.75, 3.05) is 27.4 Å². The number of carbonyl (C=O) groups excluding carboxylic acids is 1. The van der Waals surface area contributed by atoms with Crippen molar-refractivity contribution in [1.29, 1.82) is 0 Å². The lowest BCUT2D eigenvalue weighted by atomic mass is 10.3. The van der Waals surface area contributed by atoms with Crippen LogP contribution in [0.15, 0.2) is 0 Å². The average Bonchev–Trinajstić information content (AvgIpc) is 2.25. The van der Waals surface area contributed by atoms with Crippen LogP contribution in [0, 0.1) is 0 Å². The maximum absolute atomic E-state index is 10.2. The van der Waals surface area contributed by atoms with Crippen LogP contribution >= 0.6 is 0 Å². The summed E-state index contributed by atoms with van der Waals surface area (Å²) in [6, 6.07) is 0. The summed E-state index contributed by atoms with van der Waals surface area (Å²) in [5, 5.41) is 13.9. The van der Waals surface area contributed by atoms with Gasteiger partial charge in [0, 0.05) is 27.1 Å². The third-order valence-corrected chi connectivity index (χ3v) is 1.28. The van der Waals surface area contributed by atoms with Crippen LogP contribution in [0.3, 0.4) is 0 Å². The van der Waals surface area contributed by atoms with E-state index in [9.17, 15) is 4.79 Å². The number of Topliss-reactive ketones (excluding diaryl/α,β-unsaturated/α-hetero) is 1. The second kappa shape index (κ2) is 19.4. The van der Waals surface area contributed by atoms with Gasteiger partial charge in [-0.3, -0.25) is 4.79 Å². The fourth-order valence-corrected chi connectivity index (χ4v) is 0.417. The molecule has 16 heavy (non-hydrogen) atoms. The number of ether oxygens (including phenoxy) is 2. The normalized spacial score (nSPS) is 8.00. The molecule has 0 rings (SSSR count). The first-order chi connectivity index (χ1) is 7.45. The zero-order valence-electron chi connectivity index (χ0n) is 10.4. The molecule has 0 atom stereocenters. The molecular formula is C10H22O6. The van der Waals surface area contributed by atoms with Crippen molar-refractivity contribution in [3.8, 4) is 0 Å². The SMILES string of the molecule is CCC(=O)CC.COCCOC.O=C(O)O. The van der Waals surface area contributed by atoms with Gasteiger partial charge in [0.1, 0.15) is 5.78 Å². The fourth-order valence-electron chi connectivity index (χ4n) is 0.417. The van der Waals surface area contributed by atoms with E-state index in [4.69, 9.17) is 15.0 Å². The van der Waals surface area contributed by atoms with Gasteiger partial charge in [-0.1, -0.05) is 13.8 Å². The number of carbonyl (C=O) groups is 2. The third-order valence-electron chi connectivity index (χ3n) is 1.28. The van der Waals surface area contributed by atoms with Gasteiger partial charge in [-0.2, -0.15) is 0 Å². The van der Waals surface area contributed by atoms with Gasteiger partial charge in [0.15, 0.2) is 0 Å². The van der Waals surface area contributed by atoms with Crippen LogP contribution in [0.2, 0.25) is 0 Å². The number of rotatable bonds is 5. The summed E-state index contributed by atoms with van der Waals surface area (Å²) in [5.41, 5.74) is 0. The lowest BCUT2D eigenvalue weighted by Crippen LogP contribution is -1.96. The quantitative estimate of drug-likeness (QED) is 0.710. The highest BCUT2D eigenvalue weighted by Crippen LogP contribution is 1.83. The Morgan fingerprint density at radius 2 is 1.19 bits per heavy atom. The molecule has 0 aromatic carbocycles. The van der Waals surface area contributed by atoms with E-state index < -0.39 is 6.16 Å². The van der Waals surface area contributed by atoms with Gasteiger partial charge in [-0.05, 0) is 0 Å². The molecule has 0 radical (unpaired) electrons. The Balaban J connectivity index is -0.000000162. The highest BCUT2D eigenvalue weighted by atomic mass is 16.6. The van der Waals surface area contributed by atoms with Crippen molar-refractivity contribution in [3.63, 3.8) is 0 Å². The number of hydrogen-bond acceptors (Lipinski definition) is 4. The zero-order valence-corrected chi connectivity index (χ0v) is 10.4. The summed E-state index contributed by atoms with van der Waals surface area (Å²) in [4.78, 5) is 18.7. The smallest absolute Gasteiger partial charge is 0.450 e. The van der Waals surface area contributed by atoms with Crippen molar-refractivity contribution < 1.29 is 29.3 Å². The number of carboxylic acid groups (broad SMARTS) is 2. The summed E-state index contributed by atoms with van der Waals surface area (Å²) in [6.45, 7) is 5.14. The zero-order chi connectivity index (χ0) is 13.4. The minimum Gasteiger partial charge on any atom is -0.450 e. The first-order valence-corrected chi connectivity index (χ1v) is 4.87. The Morgan fingerprint density at radius 3 is 1.25 bits per heavy atom. The van der Waals surface area contributed by atoms with E-state index in [1.807, 2.05) is 13.8 Å². The van der Waals surface area contributed by atoms with Gasteiger partial charge in [-0.25, -0.2) is 4.79 Å². The van der Waals surface area contributed by atoms with E-state index in [1.54, 1.807) is 14.2 Å². The predicted octanol–water partition coefficient (Wildman–Crippen LogP) is 1.88. The average molecular weight is 238 g/mol. The molecule has 0 fully saturated rings. The van der Waals surface area contributed by atoms with Gasteiger partial charge in [0.25, 0.3) is 0 Å². The molecule has 0 saturated heterocycles. The molecular weight excluding hydrogens is 216 g/mol. The van der Waals surface area contributed by atoms with Crippen LogP contribution in [0.5, 0.6) is 0 Å². The lowest BCUT2D eigenvalue weighted by Gasteiger charge is -1.91. The first kappa shape index (κ1) is 20.3. The number of hydrogen-bond donors (Lipinski definition) is 2. The number of methoxy groups -OCH3 is 2. The van der Waals surface area contributed by atoms with Gasteiger partial charge in [0.2, 0.25) is 0 Å². The van der Waals surface area contributed by atoms with Gasteiger partial charge < -0.3 is 19.7 Å². The Hall–Kier alpha value is -1.14. The molecule has 0 unspecified atom stereocenters. The molecule has 2 N–H and O–H groups in total. The molecule has 0 aromatic heterocycles. The molecule has 6 heteroatoms.